The number of rotatable bonds is 31. The van der Waals surface area contributed by atoms with Crippen molar-refractivity contribution in [1.29, 1.82) is 0 Å². The predicted octanol–water partition coefficient (Wildman–Crippen LogP) is 9.94. The van der Waals surface area contributed by atoms with Gasteiger partial charge in [0, 0.05) is 20.0 Å². The van der Waals surface area contributed by atoms with Crippen molar-refractivity contribution >= 4 is 19.8 Å². The van der Waals surface area contributed by atoms with Gasteiger partial charge in [0.2, 0.25) is 0 Å². The van der Waals surface area contributed by atoms with E-state index in [0.29, 0.717) is 6.42 Å². The number of phosphoric ester groups is 1. The van der Waals surface area contributed by atoms with E-state index in [4.69, 9.17) is 14.0 Å². The molecule has 0 heterocycles. The maximum absolute atomic E-state index is 12.4. The van der Waals surface area contributed by atoms with Gasteiger partial charge in [0.1, 0.15) is 6.61 Å². The summed E-state index contributed by atoms with van der Waals surface area (Å²) in [5.74, 6) is -0.829. The number of carbonyl (C=O) groups excluding carboxylic acids is 2. The number of phosphoric acid groups is 1. The predicted molar refractivity (Wildman–Crippen MR) is 175 cm³/mol. The van der Waals surface area contributed by atoms with E-state index < -0.39 is 26.5 Å². The quantitative estimate of drug-likeness (QED) is 0.0349. The Morgan fingerprint density at radius 3 is 1.63 bits per heavy atom. The van der Waals surface area contributed by atoms with Gasteiger partial charge in [-0.2, -0.15) is 0 Å². The highest BCUT2D eigenvalue weighted by Crippen LogP contribution is 2.42. The summed E-state index contributed by atoms with van der Waals surface area (Å²) in [7, 11) is -3.20. The molecule has 8 nitrogen and oxygen atoms in total. The number of esters is 2. The molecule has 0 saturated heterocycles. The molecule has 0 radical (unpaired) electrons. The minimum atomic E-state index is -4.25. The largest absolute Gasteiger partial charge is 0.472 e. The zero-order chi connectivity index (χ0) is 31.9. The molecule has 0 aromatic carbocycles. The Morgan fingerprint density at radius 2 is 1.12 bits per heavy atom. The number of allylic oxidation sites excluding steroid dienone is 4. The minimum absolute atomic E-state index is 0.232. The second kappa shape index (κ2) is 30.6. The third-order valence-electron chi connectivity index (χ3n) is 7.18. The van der Waals surface area contributed by atoms with E-state index in [1.165, 1.54) is 44.9 Å². The molecule has 1 unspecified atom stereocenters. The molecule has 43 heavy (non-hydrogen) atoms. The Kier molecular flexibility index (Phi) is 29.5. The third-order valence-corrected chi connectivity index (χ3v) is 8.12. The van der Waals surface area contributed by atoms with E-state index in [2.05, 4.69) is 42.7 Å². The molecule has 0 aromatic rings. The van der Waals surface area contributed by atoms with Crippen molar-refractivity contribution in [3.05, 3.63) is 24.3 Å². The molecule has 0 spiro atoms. The highest BCUT2D eigenvalue weighted by molar-refractivity contribution is 7.47. The van der Waals surface area contributed by atoms with Gasteiger partial charge < -0.3 is 14.4 Å². The molecule has 2 atom stereocenters. The minimum Gasteiger partial charge on any atom is -0.462 e. The lowest BCUT2D eigenvalue weighted by molar-refractivity contribution is -0.161. The van der Waals surface area contributed by atoms with E-state index in [1.54, 1.807) is 0 Å². The fourth-order valence-corrected chi connectivity index (χ4v) is 5.00. The summed E-state index contributed by atoms with van der Waals surface area (Å²) in [6, 6.07) is 0. The van der Waals surface area contributed by atoms with Gasteiger partial charge in [-0.15, -0.1) is 0 Å². The Labute approximate surface area is 263 Å². The molecule has 0 aliphatic heterocycles. The average Bonchev–Trinajstić information content (AvgIpc) is 2.99. The Balaban J connectivity index is 4.11. The number of unbranched alkanes of at least 4 members (excludes halogenated alkanes) is 16. The smallest absolute Gasteiger partial charge is 0.462 e. The van der Waals surface area contributed by atoms with Gasteiger partial charge in [-0.25, -0.2) is 4.57 Å². The van der Waals surface area contributed by atoms with E-state index in [1.807, 2.05) is 0 Å². The van der Waals surface area contributed by atoms with Crippen LogP contribution < -0.4 is 0 Å². The lowest BCUT2D eigenvalue weighted by atomic mass is 10.1. The van der Waals surface area contributed by atoms with E-state index in [-0.39, 0.29) is 25.4 Å². The van der Waals surface area contributed by atoms with Crippen LogP contribution in [0.5, 0.6) is 0 Å². The number of ether oxygens (including phenoxy) is 2. The van der Waals surface area contributed by atoms with Crippen LogP contribution in [0.4, 0.5) is 0 Å². The fraction of sp³-hybridized carbons (Fsp3) is 0.824. The summed E-state index contributed by atoms with van der Waals surface area (Å²) in [6.45, 7) is 3.73. The first-order valence-electron chi connectivity index (χ1n) is 17.0. The second-order valence-corrected chi connectivity index (χ2v) is 12.8. The molecule has 0 aliphatic rings. The summed E-state index contributed by atoms with van der Waals surface area (Å²) in [4.78, 5) is 34.1. The molecular weight excluding hydrogens is 567 g/mol. The first-order valence-corrected chi connectivity index (χ1v) is 18.5. The maximum atomic E-state index is 12.4. The van der Waals surface area contributed by atoms with Gasteiger partial charge in [-0.1, -0.05) is 109 Å². The van der Waals surface area contributed by atoms with Gasteiger partial charge >= 0.3 is 19.8 Å². The molecule has 252 valence electrons. The van der Waals surface area contributed by atoms with Crippen LogP contribution in [-0.4, -0.2) is 43.3 Å². The van der Waals surface area contributed by atoms with Crippen molar-refractivity contribution in [2.24, 2.45) is 0 Å². The SMILES string of the molecule is CC/C=C\CCCCCCCC(=O)OC[C@H](COP(=O)(O)OC)OC(=O)CCCCCCC/C=C\CCCCCCCC. The first-order chi connectivity index (χ1) is 20.8. The zero-order valence-corrected chi connectivity index (χ0v) is 28.5. The van der Waals surface area contributed by atoms with Crippen LogP contribution in [0.1, 0.15) is 155 Å². The van der Waals surface area contributed by atoms with Gasteiger partial charge in [0.05, 0.1) is 6.61 Å². The van der Waals surface area contributed by atoms with Crippen LogP contribution in [0.15, 0.2) is 24.3 Å². The van der Waals surface area contributed by atoms with E-state index in [9.17, 15) is 19.0 Å². The monoisotopic (exact) mass is 630 g/mol. The molecular formula is C34H63O8P. The third kappa shape index (κ3) is 30.3. The molecule has 0 aromatic heterocycles. The Hall–Kier alpha value is -1.47. The number of hydrogen-bond acceptors (Lipinski definition) is 7. The highest BCUT2D eigenvalue weighted by atomic mass is 31.2. The van der Waals surface area contributed by atoms with Crippen LogP contribution in [0.3, 0.4) is 0 Å². The second-order valence-electron chi connectivity index (χ2n) is 11.3. The lowest BCUT2D eigenvalue weighted by Gasteiger charge is -2.19. The Morgan fingerprint density at radius 1 is 0.651 bits per heavy atom. The van der Waals surface area contributed by atoms with Crippen LogP contribution in [0, 0.1) is 0 Å². The standard InChI is InChI=1S/C34H63O8P/c1-4-6-8-10-12-14-15-16-17-18-19-21-23-25-27-29-34(36)42-32(31-41-43(37,38)39-3)30-40-33(35)28-26-24-22-20-13-11-9-7-5-2/h7,9,16-17,32H,4-6,8,10-15,18-31H2,1-3H3,(H,37,38)/b9-7-,17-16-/t32-/m1/s1. The molecule has 1 N–H and O–H groups in total. The van der Waals surface area contributed by atoms with Gasteiger partial charge in [-0.3, -0.25) is 18.6 Å². The summed E-state index contributed by atoms with van der Waals surface area (Å²) >= 11 is 0. The molecule has 0 fully saturated rings. The van der Waals surface area contributed by atoms with Gasteiger partial charge in [0.15, 0.2) is 6.10 Å². The van der Waals surface area contributed by atoms with Crippen molar-refractivity contribution < 1.29 is 37.6 Å². The van der Waals surface area contributed by atoms with Crippen LogP contribution in [-0.2, 0) is 32.7 Å². The van der Waals surface area contributed by atoms with Crippen molar-refractivity contribution in [1.82, 2.24) is 0 Å². The normalized spacial score (nSPS) is 13.9. The molecule has 0 bridgehead atoms. The van der Waals surface area contributed by atoms with Crippen molar-refractivity contribution in [2.45, 2.75) is 161 Å². The summed E-state index contributed by atoms with van der Waals surface area (Å²) in [5.41, 5.74) is 0. The van der Waals surface area contributed by atoms with Crippen LogP contribution in [0.25, 0.3) is 0 Å². The van der Waals surface area contributed by atoms with Crippen molar-refractivity contribution in [2.75, 3.05) is 20.3 Å². The molecule has 0 aliphatic carbocycles. The summed E-state index contributed by atoms with van der Waals surface area (Å²) < 4.78 is 31.7. The van der Waals surface area contributed by atoms with Crippen LogP contribution in [0.2, 0.25) is 0 Å². The fourth-order valence-electron chi connectivity index (χ4n) is 4.54. The highest BCUT2D eigenvalue weighted by Gasteiger charge is 2.24. The molecule has 0 saturated carbocycles. The van der Waals surface area contributed by atoms with Crippen molar-refractivity contribution in [3.8, 4) is 0 Å². The van der Waals surface area contributed by atoms with Gasteiger partial charge in [0.25, 0.3) is 0 Å². The molecule has 0 rings (SSSR count). The van der Waals surface area contributed by atoms with Crippen molar-refractivity contribution in [3.63, 3.8) is 0 Å². The summed E-state index contributed by atoms with van der Waals surface area (Å²) in [5, 5.41) is 0. The molecule has 0 amide bonds. The topological polar surface area (TPSA) is 108 Å². The number of hydrogen-bond donors (Lipinski definition) is 1. The summed E-state index contributed by atoms with van der Waals surface area (Å²) in [6.07, 6.45) is 31.0. The lowest BCUT2D eigenvalue weighted by Crippen LogP contribution is -2.29. The van der Waals surface area contributed by atoms with E-state index in [0.717, 1.165) is 84.2 Å². The average molecular weight is 631 g/mol. The van der Waals surface area contributed by atoms with E-state index >= 15 is 0 Å². The maximum Gasteiger partial charge on any atom is 0.472 e. The first kappa shape index (κ1) is 41.5. The number of carbonyl (C=O) groups is 2. The zero-order valence-electron chi connectivity index (χ0n) is 27.6. The molecule has 9 heteroatoms. The van der Waals surface area contributed by atoms with Crippen LogP contribution >= 0.6 is 7.82 Å². The Bertz CT molecular complexity index is 767. The van der Waals surface area contributed by atoms with Gasteiger partial charge in [-0.05, 0) is 57.8 Å².